The Bertz CT molecular complexity index is 926. The molecule has 0 aliphatic carbocycles. The minimum absolute atomic E-state index is 0.179. The molecular weight excluding hydrogens is 400 g/mol. The number of phenolic OH excluding ortho intramolecular Hbond substituents is 1. The molecule has 0 atom stereocenters. The first kappa shape index (κ1) is 20.0. The van der Waals surface area contributed by atoms with Gasteiger partial charge in [0, 0.05) is 11.6 Å². The molecule has 2 N–H and O–H groups in total. The Morgan fingerprint density at radius 3 is 2.46 bits per heavy atom. The Morgan fingerprint density at radius 2 is 1.79 bits per heavy atom. The molecule has 1 aliphatic heterocycles. The number of imide groups is 1. The zero-order valence-corrected chi connectivity index (χ0v) is 16.3. The molecule has 1 aliphatic rings. The Kier molecular flexibility index (Phi) is 6.38. The average Bonchev–Trinajstić information content (AvgIpc) is 2.92. The predicted octanol–water partition coefficient (Wildman–Crippen LogP) is 3.44. The fourth-order valence-corrected chi connectivity index (χ4v) is 3.52. The second-order valence-electron chi connectivity index (χ2n) is 6.09. The van der Waals surface area contributed by atoms with E-state index in [0.29, 0.717) is 18.0 Å². The van der Waals surface area contributed by atoms with Crippen LogP contribution in [0.4, 0.5) is 4.79 Å². The summed E-state index contributed by atoms with van der Waals surface area (Å²) in [4.78, 5) is 37.8. The molecule has 1 saturated heterocycles. The van der Waals surface area contributed by atoms with Gasteiger partial charge in [0.1, 0.15) is 12.3 Å². The molecule has 3 rings (SSSR count). The SMILES string of the molecule is O=C(CN1C(=O)SC(=Cc2ccc(Cl)cc2)C1=O)NCCc1ccc(O)cc1. The second kappa shape index (κ2) is 8.95. The van der Waals surface area contributed by atoms with Gasteiger partial charge in [-0.1, -0.05) is 35.9 Å². The van der Waals surface area contributed by atoms with Crippen LogP contribution < -0.4 is 5.32 Å². The van der Waals surface area contributed by atoms with Crippen molar-refractivity contribution < 1.29 is 19.5 Å². The van der Waals surface area contributed by atoms with Gasteiger partial charge in [0.25, 0.3) is 11.1 Å². The van der Waals surface area contributed by atoms with E-state index < -0.39 is 17.1 Å². The van der Waals surface area contributed by atoms with E-state index in [1.165, 1.54) is 0 Å². The average molecular weight is 417 g/mol. The van der Waals surface area contributed by atoms with Crippen LogP contribution in [0.3, 0.4) is 0 Å². The Balaban J connectivity index is 1.54. The van der Waals surface area contributed by atoms with Gasteiger partial charge in [-0.25, -0.2) is 0 Å². The van der Waals surface area contributed by atoms with Crippen molar-refractivity contribution in [3.05, 3.63) is 69.6 Å². The van der Waals surface area contributed by atoms with Crippen LogP contribution in [0.1, 0.15) is 11.1 Å². The monoisotopic (exact) mass is 416 g/mol. The molecule has 1 fully saturated rings. The largest absolute Gasteiger partial charge is 0.508 e. The summed E-state index contributed by atoms with van der Waals surface area (Å²) in [6, 6.07) is 13.5. The highest BCUT2D eigenvalue weighted by Gasteiger charge is 2.36. The van der Waals surface area contributed by atoms with Gasteiger partial charge in [-0.15, -0.1) is 0 Å². The van der Waals surface area contributed by atoms with Crippen LogP contribution in [0.5, 0.6) is 5.75 Å². The smallest absolute Gasteiger partial charge is 0.294 e. The number of halogens is 1. The lowest BCUT2D eigenvalue weighted by molar-refractivity contribution is -0.129. The molecule has 2 aromatic carbocycles. The van der Waals surface area contributed by atoms with Crippen molar-refractivity contribution in [3.63, 3.8) is 0 Å². The van der Waals surface area contributed by atoms with Crippen molar-refractivity contribution in [1.29, 1.82) is 0 Å². The molecule has 0 radical (unpaired) electrons. The van der Waals surface area contributed by atoms with Gasteiger partial charge in [0.05, 0.1) is 4.91 Å². The molecule has 3 amide bonds. The normalized spacial score (nSPS) is 15.3. The zero-order chi connectivity index (χ0) is 20.1. The molecular formula is C20H17ClN2O4S. The molecule has 0 spiro atoms. The number of benzene rings is 2. The first-order chi connectivity index (χ1) is 13.4. The Labute approximate surface area is 171 Å². The maximum Gasteiger partial charge on any atom is 0.294 e. The highest BCUT2D eigenvalue weighted by Crippen LogP contribution is 2.32. The van der Waals surface area contributed by atoms with Gasteiger partial charge in [0.15, 0.2) is 0 Å². The summed E-state index contributed by atoms with van der Waals surface area (Å²) in [5.41, 5.74) is 1.70. The van der Waals surface area contributed by atoms with Gasteiger partial charge in [-0.3, -0.25) is 19.3 Å². The molecule has 0 unspecified atom stereocenters. The fraction of sp³-hybridized carbons (Fsp3) is 0.150. The van der Waals surface area contributed by atoms with Crippen LogP contribution in [0.15, 0.2) is 53.4 Å². The Morgan fingerprint density at radius 1 is 1.11 bits per heavy atom. The number of nitrogens with one attached hydrogen (secondary N) is 1. The summed E-state index contributed by atoms with van der Waals surface area (Å²) in [6.07, 6.45) is 2.17. The lowest BCUT2D eigenvalue weighted by atomic mass is 10.1. The van der Waals surface area contributed by atoms with Crippen LogP contribution in [0, 0.1) is 0 Å². The minimum atomic E-state index is -0.487. The number of carbonyl (C=O) groups is 3. The molecule has 0 saturated carbocycles. The summed E-state index contributed by atoms with van der Waals surface area (Å²) in [7, 11) is 0. The quantitative estimate of drug-likeness (QED) is 0.704. The number of amides is 3. The maximum absolute atomic E-state index is 12.4. The summed E-state index contributed by atoms with van der Waals surface area (Å²) >= 11 is 6.64. The van der Waals surface area contributed by atoms with E-state index in [1.54, 1.807) is 54.6 Å². The minimum Gasteiger partial charge on any atom is -0.508 e. The van der Waals surface area contributed by atoms with Crippen LogP contribution in [-0.4, -0.2) is 40.1 Å². The summed E-state index contributed by atoms with van der Waals surface area (Å²) < 4.78 is 0. The highest BCUT2D eigenvalue weighted by molar-refractivity contribution is 8.18. The topological polar surface area (TPSA) is 86.7 Å². The summed E-state index contributed by atoms with van der Waals surface area (Å²) in [5, 5.41) is 12.1. The Hall–Kier alpha value is -2.77. The fourth-order valence-electron chi connectivity index (χ4n) is 2.56. The van der Waals surface area contributed by atoms with Crippen LogP contribution in [-0.2, 0) is 16.0 Å². The highest BCUT2D eigenvalue weighted by atomic mass is 35.5. The lowest BCUT2D eigenvalue weighted by Gasteiger charge is -2.12. The number of carbonyl (C=O) groups excluding carboxylic acids is 3. The third kappa shape index (κ3) is 5.15. The van der Waals surface area contributed by atoms with Crippen molar-refractivity contribution in [2.45, 2.75) is 6.42 Å². The number of phenols is 1. The van der Waals surface area contributed by atoms with Crippen LogP contribution >= 0.6 is 23.4 Å². The number of thioether (sulfide) groups is 1. The molecule has 8 heteroatoms. The summed E-state index contributed by atoms with van der Waals surface area (Å²) in [5.74, 6) is -0.716. The van der Waals surface area contributed by atoms with Crippen molar-refractivity contribution in [2.24, 2.45) is 0 Å². The van der Waals surface area contributed by atoms with Crippen molar-refractivity contribution >= 4 is 46.5 Å². The van der Waals surface area contributed by atoms with Gasteiger partial charge >= 0.3 is 0 Å². The van der Waals surface area contributed by atoms with E-state index >= 15 is 0 Å². The number of nitrogens with zero attached hydrogens (tertiary/aromatic N) is 1. The lowest BCUT2D eigenvalue weighted by Crippen LogP contribution is -2.40. The number of hydrogen-bond donors (Lipinski definition) is 2. The first-order valence-corrected chi connectivity index (χ1v) is 9.67. The molecule has 0 bridgehead atoms. The van der Waals surface area contributed by atoms with Gasteiger partial charge in [-0.05, 0) is 59.7 Å². The molecule has 2 aromatic rings. The van der Waals surface area contributed by atoms with E-state index in [9.17, 15) is 19.5 Å². The zero-order valence-electron chi connectivity index (χ0n) is 14.7. The van der Waals surface area contributed by atoms with E-state index in [2.05, 4.69) is 5.32 Å². The second-order valence-corrected chi connectivity index (χ2v) is 7.52. The maximum atomic E-state index is 12.4. The summed E-state index contributed by atoms with van der Waals surface area (Å²) in [6.45, 7) is 0.0403. The predicted molar refractivity (Wildman–Crippen MR) is 109 cm³/mol. The van der Waals surface area contributed by atoms with E-state index in [0.717, 1.165) is 27.8 Å². The van der Waals surface area contributed by atoms with E-state index in [-0.39, 0.29) is 17.2 Å². The molecule has 0 aromatic heterocycles. The van der Waals surface area contributed by atoms with Crippen LogP contribution in [0.2, 0.25) is 5.02 Å². The molecule has 1 heterocycles. The standard InChI is InChI=1S/C20H17ClN2O4S/c21-15-5-1-14(2-6-15)11-17-19(26)23(20(27)28-17)12-18(25)22-10-9-13-3-7-16(24)8-4-13/h1-8,11,24H,9-10,12H2,(H,22,25). The van der Waals surface area contributed by atoms with Gasteiger partial charge < -0.3 is 10.4 Å². The third-order valence-electron chi connectivity index (χ3n) is 4.02. The van der Waals surface area contributed by atoms with Gasteiger partial charge in [0.2, 0.25) is 5.91 Å². The molecule has 144 valence electrons. The number of hydrogen-bond acceptors (Lipinski definition) is 5. The van der Waals surface area contributed by atoms with Crippen molar-refractivity contribution in [1.82, 2.24) is 10.2 Å². The molecule has 28 heavy (non-hydrogen) atoms. The molecule has 6 nitrogen and oxygen atoms in total. The van der Waals surface area contributed by atoms with Crippen LogP contribution in [0.25, 0.3) is 6.08 Å². The number of rotatable bonds is 6. The van der Waals surface area contributed by atoms with Gasteiger partial charge in [-0.2, -0.15) is 0 Å². The first-order valence-electron chi connectivity index (χ1n) is 8.48. The number of aromatic hydroxyl groups is 1. The van der Waals surface area contributed by atoms with Crippen molar-refractivity contribution in [3.8, 4) is 5.75 Å². The third-order valence-corrected chi connectivity index (χ3v) is 5.17. The van der Waals surface area contributed by atoms with E-state index in [1.807, 2.05) is 0 Å². The van der Waals surface area contributed by atoms with Crippen molar-refractivity contribution in [2.75, 3.05) is 13.1 Å². The van der Waals surface area contributed by atoms with E-state index in [4.69, 9.17) is 11.6 Å².